The van der Waals surface area contributed by atoms with Gasteiger partial charge in [-0.3, -0.25) is 9.80 Å². The fourth-order valence-electron chi connectivity index (χ4n) is 4.81. The molecule has 2 aliphatic heterocycles. The van der Waals surface area contributed by atoms with Gasteiger partial charge in [0.25, 0.3) is 0 Å². The van der Waals surface area contributed by atoms with Crippen molar-refractivity contribution in [1.29, 1.82) is 0 Å². The molecule has 0 spiro atoms. The Morgan fingerprint density at radius 1 is 0.647 bits per heavy atom. The van der Waals surface area contributed by atoms with Gasteiger partial charge >= 0.3 is 12.2 Å². The second-order valence-electron chi connectivity index (χ2n) is 9.87. The van der Waals surface area contributed by atoms with Gasteiger partial charge in [-0.15, -0.1) is 0 Å². The van der Waals surface area contributed by atoms with Crippen LogP contribution in [0.15, 0.2) is 60.7 Å². The molecule has 4 rings (SSSR count). The van der Waals surface area contributed by atoms with E-state index in [2.05, 4.69) is 0 Å². The molecule has 2 amide bonds. The van der Waals surface area contributed by atoms with Gasteiger partial charge < -0.3 is 19.7 Å². The molecule has 0 bridgehead atoms. The number of hydrogen-bond donors (Lipinski definition) is 2. The highest BCUT2D eigenvalue weighted by molar-refractivity contribution is 5.74. The van der Waals surface area contributed by atoms with E-state index in [1.165, 1.54) is 23.6 Å². The number of nitrogens with zero attached hydrogens (tertiary/aromatic N) is 2. The Hall–Kier alpha value is -3.10. The van der Waals surface area contributed by atoms with Crippen molar-refractivity contribution in [3.63, 3.8) is 0 Å². The first-order valence-corrected chi connectivity index (χ1v) is 11.4. The van der Waals surface area contributed by atoms with E-state index in [4.69, 9.17) is 9.47 Å². The molecule has 4 atom stereocenters. The normalized spacial score (nSPS) is 33.2. The van der Waals surface area contributed by atoms with Crippen molar-refractivity contribution >= 4 is 12.2 Å². The summed E-state index contributed by atoms with van der Waals surface area (Å²) in [5.41, 5.74) is -3.82. The van der Waals surface area contributed by atoms with Crippen LogP contribution in [-0.4, -0.2) is 67.9 Å². The maximum atomic E-state index is 12.8. The molecule has 34 heavy (non-hydrogen) atoms. The molecule has 2 heterocycles. The van der Waals surface area contributed by atoms with Crippen molar-refractivity contribution in [2.75, 3.05) is 13.1 Å². The predicted octanol–water partition coefficient (Wildman–Crippen LogP) is 3.31. The van der Waals surface area contributed by atoms with Gasteiger partial charge in [-0.1, -0.05) is 60.7 Å². The molecule has 2 aromatic carbocycles. The van der Waals surface area contributed by atoms with Gasteiger partial charge in [-0.05, 0) is 38.8 Å². The third-order valence-corrected chi connectivity index (χ3v) is 7.44. The van der Waals surface area contributed by atoms with Crippen LogP contribution in [0, 0.1) is 0 Å². The molecular weight excluding hydrogens is 436 g/mol. The van der Waals surface area contributed by atoms with Crippen LogP contribution in [0.25, 0.3) is 0 Å². The Morgan fingerprint density at radius 2 is 0.971 bits per heavy atom. The molecule has 2 aliphatic rings. The number of cyclic esters (lactones) is 2. The summed E-state index contributed by atoms with van der Waals surface area (Å²) in [6.45, 7) is 6.36. The standard InChI is InChI=1S/C26H32N2O6/c1-23(17-19-11-7-5-8-12-19)25(3,31)27(21(29)33-23)15-16-28-22(30)34-24(2,26(28,4)32)18-20-13-9-6-10-14-20/h5-14,31-32H,15-18H2,1-4H3/t23-,24-,25-,26-/m1/s1. The highest BCUT2D eigenvalue weighted by atomic mass is 16.6. The van der Waals surface area contributed by atoms with Gasteiger partial charge in [0.1, 0.15) is 0 Å². The van der Waals surface area contributed by atoms with Crippen LogP contribution in [0.5, 0.6) is 0 Å². The number of aliphatic hydroxyl groups is 2. The van der Waals surface area contributed by atoms with Gasteiger partial charge in [0.15, 0.2) is 22.7 Å². The highest BCUT2D eigenvalue weighted by Crippen LogP contribution is 2.42. The summed E-state index contributed by atoms with van der Waals surface area (Å²) >= 11 is 0. The molecule has 0 aromatic heterocycles. The van der Waals surface area contributed by atoms with E-state index >= 15 is 0 Å². The Labute approximate surface area is 199 Å². The van der Waals surface area contributed by atoms with E-state index in [1.54, 1.807) is 13.8 Å². The Morgan fingerprint density at radius 3 is 1.29 bits per heavy atom. The lowest BCUT2D eigenvalue weighted by Crippen LogP contribution is -2.60. The SMILES string of the molecule is C[C@]1(Cc2ccccc2)OC(=O)N(CCN2C(=O)O[C@](C)(Cc3ccccc3)[C@@]2(C)O)[C@]1(C)O. The van der Waals surface area contributed by atoms with Crippen LogP contribution in [0.3, 0.4) is 0 Å². The Balaban J connectivity index is 1.49. The van der Waals surface area contributed by atoms with Crippen molar-refractivity contribution in [3.8, 4) is 0 Å². The van der Waals surface area contributed by atoms with Gasteiger partial charge in [0, 0.05) is 25.9 Å². The third-order valence-electron chi connectivity index (χ3n) is 7.44. The summed E-state index contributed by atoms with van der Waals surface area (Å²) < 4.78 is 11.3. The first-order valence-electron chi connectivity index (χ1n) is 11.4. The molecule has 0 saturated carbocycles. The second kappa shape index (κ2) is 8.29. The molecule has 0 aliphatic carbocycles. The number of amides is 2. The number of hydrogen-bond acceptors (Lipinski definition) is 6. The van der Waals surface area contributed by atoms with Gasteiger partial charge in [0.2, 0.25) is 0 Å². The molecular formula is C26H32N2O6. The van der Waals surface area contributed by atoms with Crippen LogP contribution in [0.1, 0.15) is 38.8 Å². The second-order valence-corrected chi connectivity index (χ2v) is 9.87. The zero-order chi connectivity index (χ0) is 24.8. The quantitative estimate of drug-likeness (QED) is 0.647. The van der Waals surface area contributed by atoms with E-state index in [0.29, 0.717) is 12.8 Å². The number of rotatable bonds is 7. The summed E-state index contributed by atoms with van der Waals surface area (Å²) in [7, 11) is 0. The molecule has 2 fully saturated rings. The first-order chi connectivity index (χ1) is 15.9. The van der Waals surface area contributed by atoms with Crippen LogP contribution in [0.2, 0.25) is 0 Å². The lowest BCUT2D eigenvalue weighted by atomic mass is 9.86. The molecule has 8 nitrogen and oxygen atoms in total. The highest BCUT2D eigenvalue weighted by Gasteiger charge is 2.61. The van der Waals surface area contributed by atoms with E-state index in [1.807, 2.05) is 60.7 Å². The molecule has 182 valence electrons. The average molecular weight is 469 g/mol. The molecule has 0 unspecified atom stereocenters. The van der Waals surface area contributed by atoms with Crippen molar-refractivity contribution in [3.05, 3.63) is 71.8 Å². The van der Waals surface area contributed by atoms with Crippen LogP contribution in [-0.2, 0) is 22.3 Å². The first kappa shape index (κ1) is 24.0. The molecule has 0 radical (unpaired) electrons. The van der Waals surface area contributed by atoms with Crippen molar-refractivity contribution in [2.45, 2.75) is 63.2 Å². The molecule has 2 aromatic rings. The van der Waals surface area contributed by atoms with Gasteiger partial charge in [-0.2, -0.15) is 0 Å². The largest absolute Gasteiger partial charge is 0.438 e. The molecule has 2 saturated heterocycles. The topological polar surface area (TPSA) is 99.5 Å². The molecule has 2 N–H and O–H groups in total. The number of carbonyl (C=O) groups excluding carboxylic acids is 2. The Kier molecular flexibility index (Phi) is 5.86. The minimum atomic E-state index is -1.64. The maximum absolute atomic E-state index is 12.8. The average Bonchev–Trinajstić information content (AvgIpc) is 3.03. The minimum absolute atomic E-state index is 0.0388. The Bertz CT molecular complexity index is 972. The maximum Gasteiger partial charge on any atom is 0.412 e. The monoisotopic (exact) mass is 468 g/mol. The minimum Gasteiger partial charge on any atom is -0.438 e. The summed E-state index contributed by atoms with van der Waals surface area (Å²) in [5, 5.41) is 22.7. The zero-order valence-electron chi connectivity index (χ0n) is 20.0. The smallest absolute Gasteiger partial charge is 0.412 e. The lowest BCUT2D eigenvalue weighted by Gasteiger charge is -2.40. The lowest BCUT2D eigenvalue weighted by molar-refractivity contribution is -0.148. The molecule has 8 heteroatoms. The summed E-state index contributed by atoms with van der Waals surface area (Å²) in [6.07, 6.45) is -0.714. The van der Waals surface area contributed by atoms with E-state index < -0.39 is 34.8 Å². The predicted molar refractivity (Wildman–Crippen MR) is 125 cm³/mol. The number of carbonyl (C=O) groups is 2. The van der Waals surface area contributed by atoms with Crippen molar-refractivity contribution < 1.29 is 29.3 Å². The van der Waals surface area contributed by atoms with Crippen LogP contribution < -0.4 is 0 Å². The summed E-state index contributed by atoms with van der Waals surface area (Å²) in [4.78, 5) is 27.9. The van der Waals surface area contributed by atoms with E-state index in [0.717, 1.165) is 11.1 Å². The third kappa shape index (κ3) is 3.91. The fraction of sp³-hybridized carbons (Fsp3) is 0.462. The van der Waals surface area contributed by atoms with Crippen molar-refractivity contribution in [2.24, 2.45) is 0 Å². The fourth-order valence-corrected chi connectivity index (χ4v) is 4.81. The van der Waals surface area contributed by atoms with Gasteiger partial charge in [0.05, 0.1) is 0 Å². The van der Waals surface area contributed by atoms with E-state index in [-0.39, 0.29) is 13.1 Å². The number of benzene rings is 2. The van der Waals surface area contributed by atoms with E-state index in [9.17, 15) is 19.8 Å². The summed E-state index contributed by atoms with van der Waals surface area (Å²) in [6, 6.07) is 18.9. The van der Waals surface area contributed by atoms with Crippen LogP contribution >= 0.6 is 0 Å². The number of ether oxygens (including phenoxy) is 2. The summed E-state index contributed by atoms with van der Waals surface area (Å²) in [5.74, 6) is 0. The van der Waals surface area contributed by atoms with Crippen molar-refractivity contribution in [1.82, 2.24) is 9.80 Å². The zero-order valence-corrected chi connectivity index (χ0v) is 20.0. The van der Waals surface area contributed by atoms with Crippen LogP contribution in [0.4, 0.5) is 9.59 Å². The van der Waals surface area contributed by atoms with Gasteiger partial charge in [-0.25, -0.2) is 9.59 Å².